The highest BCUT2D eigenvalue weighted by atomic mass is 16.3. The lowest BCUT2D eigenvalue weighted by atomic mass is 9.93. The van der Waals surface area contributed by atoms with E-state index in [0.717, 1.165) is 32.1 Å². The first kappa shape index (κ1) is 26.8. The van der Waals surface area contributed by atoms with Gasteiger partial charge in [0.05, 0.1) is 5.56 Å². The van der Waals surface area contributed by atoms with Crippen molar-refractivity contribution in [1.82, 2.24) is 0 Å². The Kier molecular flexibility index (Phi) is 12.5. The summed E-state index contributed by atoms with van der Waals surface area (Å²) in [5.41, 5.74) is 2.12. The SMILES string of the molecule is CCCCCCCCc1cc(O)c(CCCCCCCC)c(C(=O)Nc2ccccc2)c1O. The molecule has 2 aromatic carbocycles. The monoisotopic (exact) mass is 453 g/mol. The lowest BCUT2D eigenvalue weighted by Gasteiger charge is -2.17. The summed E-state index contributed by atoms with van der Waals surface area (Å²) < 4.78 is 0. The van der Waals surface area contributed by atoms with Gasteiger partial charge in [-0.3, -0.25) is 4.79 Å². The van der Waals surface area contributed by atoms with Crippen LogP contribution in [0, 0.1) is 0 Å². The van der Waals surface area contributed by atoms with Gasteiger partial charge in [0, 0.05) is 11.3 Å². The minimum atomic E-state index is -0.361. The Morgan fingerprint density at radius 1 is 0.758 bits per heavy atom. The minimum Gasteiger partial charge on any atom is -0.508 e. The van der Waals surface area contributed by atoms with E-state index in [1.165, 1.54) is 44.9 Å². The molecule has 0 spiro atoms. The lowest BCUT2D eigenvalue weighted by Crippen LogP contribution is -2.15. The van der Waals surface area contributed by atoms with E-state index in [-0.39, 0.29) is 23.0 Å². The zero-order chi connectivity index (χ0) is 23.9. The van der Waals surface area contributed by atoms with Crippen molar-refractivity contribution in [3.63, 3.8) is 0 Å². The molecule has 4 nitrogen and oxygen atoms in total. The number of nitrogens with one attached hydrogen (secondary N) is 1. The van der Waals surface area contributed by atoms with Gasteiger partial charge in [-0.1, -0.05) is 96.3 Å². The van der Waals surface area contributed by atoms with E-state index in [2.05, 4.69) is 19.2 Å². The number of hydrogen-bond acceptors (Lipinski definition) is 3. The molecular formula is C29H43NO3. The van der Waals surface area contributed by atoms with Crippen molar-refractivity contribution in [2.75, 3.05) is 5.32 Å². The fraction of sp³-hybridized carbons (Fsp3) is 0.552. The fourth-order valence-electron chi connectivity index (χ4n) is 4.33. The van der Waals surface area contributed by atoms with E-state index in [0.29, 0.717) is 29.7 Å². The van der Waals surface area contributed by atoms with Crippen molar-refractivity contribution < 1.29 is 15.0 Å². The molecule has 33 heavy (non-hydrogen) atoms. The highest BCUT2D eigenvalue weighted by Gasteiger charge is 2.23. The predicted octanol–water partition coefficient (Wildman–Crippen LogP) is 8.16. The molecule has 0 fully saturated rings. The van der Waals surface area contributed by atoms with Crippen LogP contribution in [0.3, 0.4) is 0 Å². The van der Waals surface area contributed by atoms with Crippen molar-refractivity contribution in [1.29, 1.82) is 0 Å². The summed E-state index contributed by atoms with van der Waals surface area (Å²) >= 11 is 0. The average Bonchev–Trinajstić information content (AvgIpc) is 2.81. The molecule has 2 rings (SSSR count). The summed E-state index contributed by atoms with van der Waals surface area (Å²) in [4.78, 5) is 13.2. The normalized spacial score (nSPS) is 11.0. The molecule has 0 saturated carbocycles. The van der Waals surface area contributed by atoms with Crippen LogP contribution in [0.1, 0.15) is 112 Å². The maximum atomic E-state index is 13.2. The van der Waals surface area contributed by atoms with Crippen LogP contribution in [0.4, 0.5) is 5.69 Å². The molecule has 0 heterocycles. The molecule has 3 N–H and O–H groups in total. The highest BCUT2D eigenvalue weighted by molar-refractivity contribution is 6.08. The molecule has 1 amide bonds. The number of rotatable bonds is 16. The van der Waals surface area contributed by atoms with Crippen LogP contribution in [-0.4, -0.2) is 16.1 Å². The van der Waals surface area contributed by atoms with Crippen molar-refractivity contribution in [3.05, 3.63) is 53.1 Å². The zero-order valence-corrected chi connectivity index (χ0v) is 20.7. The molecule has 182 valence electrons. The zero-order valence-electron chi connectivity index (χ0n) is 20.7. The van der Waals surface area contributed by atoms with E-state index >= 15 is 0 Å². The van der Waals surface area contributed by atoms with Crippen molar-refractivity contribution >= 4 is 11.6 Å². The molecule has 0 atom stereocenters. The Morgan fingerprint density at radius 3 is 1.91 bits per heavy atom. The topological polar surface area (TPSA) is 69.6 Å². The van der Waals surface area contributed by atoms with Gasteiger partial charge in [-0.15, -0.1) is 0 Å². The first-order valence-electron chi connectivity index (χ1n) is 13.0. The van der Waals surface area contributed by atoms with Crippen LogP contribution < -0.4 is 5.32 Å². The van der Waals surface area contributed by atoms with Crippen LogP contribution in [-0.2, 0) is 12.8 Å². The molecule has 0 bridgehead atoms. The van der Waals surface area contributed by atoms with Crippen molar-refractivity contribution in [3.8, 4) is 11.5 Å². The Balaban J connectivity index is 2.16. The molecule has 0 aliphatic carbocycles. The number of phenols is 2. The first-order chi connectivity index (χ1) is 16.1. The van der Waals surface area contributed by atoms with E-state index in [1.807, 2.05) is 30.3 Å². The largest absolute Gasteiger partial charge is 0.508 e. The summed E-state index contributed by atoms with van der Waals surface area (Å²) in [7, 11) is 0. The molecule has 0 aromatic heterocycles. The number of aromatic hydroxyl groups is 2. The minimum absolute atomic E-state index is 0.0239. The van der Waals surface area contributed by atoms with E-state index in [1.54, 1.807) is 6.07 Å². The summed E-state index contributed by atoms with van der Waals surface area (Å²) in [5.74, 6) is -0.212. The third kappa shape index (κ3) is 9.11. The van der Waals surface area contributed by atoms with Gasteiger partial charge in [-0.05, 0) is 49.4 Å². The molecule has 0 radical (unpaired) electrons. The highest BCUT2D eigenvalue weighted by Crippen LogP contribution is 2.36. The molecule has 2 aromatic rings. The molecular weight excluding hydrogens is 410 g/mol. The van der Waals surface area contributed by atoms with E-state index in [4.69, 9.17) is 0 Å². The molecule has 0 aliphatic heterocycles. The van der Waals surface area contributed by atoms with Gasteiger partial charge < -0.3 is 15.5 Å². The maximum absolute atomic E-state index is 13.2. The van der Waals surface area contributed by atoms with Gasteiger partial charge in [0.2, 0.25) is 0 Å². The van der Waals surface area contributed by atoms with Crippen molar-refractivity contribution in [2.45, 2.75) is 104 Å². The van der Waals surface area contributed by atoms with Gasteiger partial charge >= 0.3 is 0 Å². The molecule has 4 heteroatoms. The number of phenolic OH excluding ortho intramolecular Hbond substituents is 2. The number of anilines is 1. The summed E-state index contributed by atoms with van der Waals surface area (Å²) in [6.45, 7) is 4.40. The van der Waals surface area contributed by atoms with Gasteiger partial charge in [0.15, 0.2) is 0 Å². The number of carbonyl (C=O) groups is 1. The number of benzene rings is 2. The lowest BCUT2D eigenvalue weighted by molar-refractivity contribution is 0.102. The van der Waals surface area contributed by atoms with Crippen LogP contribution in [0.5, 0.6) is 11.5 Å². The van der Waals surface area contributed by atoms with Gasteiger partial charge in [0.25, 0.3) is 5.91 Å². The van der Waals surface area contributed by atoms with Gasteiger partial charge in [-0.2, -0.15) is 0 Å². The maximum Gasteiger partial charge on any atom is 0.259 e. The fourth-order valence-corrected chi connectivity index (χ4v) is 4.33. The third-order valence-corrected chi connectivity index (χ3v) is 6.30. The smallest absolute Gasteiger partial charge is 0.259 e. The van der Waals surface area contributed by atoms with E-state index in [9.17, 15) is 15.0 Å². The van der Waals surface area contributed by atoms with Crippen LogP contribution in [0.15, 0.2) is 36.4 Å². The third-order valence-electron chi connectivity index (χ3n) is 6.30. The number of aryl methyl sites for hydroxylation is 1. The first-order valence-corrected chi connectivity index (χ1v) is 13.0. The quantitative estimate of drug-likeness (QED) is 0.177. The number of amides is 1. The van der Waals surface area contributed by atoms with Crippen LogP contribution in [0.25, 0.3) is 0 Å². The predicted molar refractivity (Wildman–Crippen MR) is 138 cm³/mol. The second kappa shape index (κ2) is 15.4. The average molecular weight is 454 g/mol. The second-order valence-corrected chi connectivity index (χ2v) is 9.11. The van der Waals surface area contributed by atoms with Crippen LogP contribution >= 0.6 is 0 Å². The number of unbranched alkanes of at least 4 members (excludes halogenated alkanes) is 10. The summed E-state index contributed by atoms with van der Waals surface area (Å²) in [5, 5.41) is 24.8. The summed E-state index contributed by atoms with van der Waals surface area (Å²) in [6, 6.07) is 10.9. The molecule has 0 unspecified atom stereocenters. The van der Waals surface area contributed by atoms with E-state index < -0.39 is 0 Å². The Bertz CT molecular complexity index is 833. The van der Waals surface area contributed by atoms with Crippen molar-refractivity contribution in [2.24, 2.45) is 0 Å². The standard InChI is InChI=1S/C29H43NO3/c1-3-5-7-9-11-14-18-23-22-26(31)25(21-17-12-10-8-6-4-2)27(28(23)32)29(33)30-24-19-15-13-16-20-24/h13,15-16,19-20,22,31-32H,3-12,14,17-18,21H2,1-2H3,(H,30,33). The Labute approximate surface area is 200 Å². The molecule has 0 saturated heterocycles. The molecule has 0 aliphatic rings. The second-order valence-electron chi connectivity index (χ2n) is 9.11. The van der Waals surface area contributed by atoms with Gasteiger partial charge in [-0.25, -0.2) is 0 Å². The van der Waals surface area contributed by atoms with Crippen LogP contribution in [0.2, 0.25) is 0 Å². The number of carbonyl (C=O) groups excluding carboxylic acids is 1. The summed E-state index contributed by atoms with van der Waals surface area (Å²) in [6.07, 6.45) is 14.9. The Morgan fingerprint density at radius 2 is 1.30 bits per heavy atom. The number of hydrogen-bond donors (Lipinski definition) is 3. The van der Waals surface area contributed by atoms with Gasteiger partial charge in [0.1, 0.15) is 11.5 Å². The number of para-hydroxylation sites is 1. The Hall–Kier alpha value is -2.49.